The molecule has 0 heterocycles. The molecule has 6 heteroatoms. The summed E-state index contributed by atoms with van der Waals surface area (Å²) in [6.07, 6.45) is 0. The summed E-state index contributed by atoms with van der Waals surface area (Å²) < 4.78 is 26.7. The Hall–Kier alpha value is -2.14. The average molecular weight is 311 g/mol. The minimum absolute atomic E-state index is 0.193. The summed E-state index contributed by atoms with van der Waals surface area (Å²) in [5, 5.41) is 5.21. The lowest BCUT2D eigenvalue weighted by Gasteiger charge is -2.12. The number of rotatable bonds is 4. The van der Waals surface area contributed by atoms with Gasteiger partial charge in [0.05, 0.1) is 16.3 Å². The largest absolute Gasteiger partial charge is 0.385 e. The zero-order valence-electron chi connectivity index (χ0n) is 11.2. The van der Waals surface area contributed by atoms with Gasteiger partial charge in [-0.1, -0.05) is 23.7 Å². The molecule has 2 aromatic carbocycles. The lowest BCUT2D eigenvalue weighted by atomic mass is 10.1. The van der Waals surface area contributed by atoms with E-state index in [0.29, 0.717) is 23.9 Å². The van der Waals surface area contributed by atoms with E-state index in [4.69, 9.17) is 11.6 Å². The number of nitrogens with one attached hydrogen (secondary N) is 2. The highest BCUT2D eigenvalue weighted by atomic mass is 35.5. The highest BCUT2D eigenvalue weighted by Gasteiger charge is 2.16. The molecule has 110 valence electrons. The van der Waals surface area contributed by atoms with Crippen molar-refractivity contribution >= 4 is 28.9 Å². The van der Waals surface area contributed by atoms with Gasteiger partial charge < -0.3 is 10.6 Å². The maximum absolute atomic E-state index is 13.7. The number of amides is 1. The fraction of sp³-hybridized carbons (Fsp3) is 0.133. The van der Waals surface area contributed by atoms with Crippen LogP contribution in [-0.4, -0.2) is 12.5 Å². The zero-order valence-corrected chi connectivity index (χ0v) is 12.0. The van der Waals surface area contributed by atoms with Crippen molar-refractivity contribution in [1.29, 1.82) is 0 Å². The third-order valence-corrected chi connectivity index (χ3v) is 3.08. The van der Waals surface area contributed by atoms with E-state index in [1.807, 2.05) is 6.92 Å². The maximum atomic E-state index is 13.7. The van der Waals surface area contributed by atoms with E-state index in [1.165, 1.54) is 0 Å². The van der Waals surface area contributed by atoms with E-state index in [-0.39, 0.29) is 10.7 Å². The van der Waals surface area contributed by atoms with Crippen LogP contribution >= 0.6 is 11.6 Å². The van der Waals surface area contributed by atoms with Gasteiger partial charge in [-0.2, -0.15) is 0 Å². The molecular formula is C15H13ClF2N2O. The molecule has 0 saturated heterocycles. The Morgan fingerprint density at radius 1 is 1.24 bits per heavy atom. The van der Waals surface area contributed by atoms with Crippen molar-refractivity contribution in [2.75, 3.05) is 17.2 Å². The van der Waals surface area contributed by atoms with Gasteiger partial charge in [-0.3, -0.25) is 4.79 Å². The number of halogens is 3. The molecule has 2 rings (SSSR count). The van der Waals surface area contributed by atoms with Gasteiger partial charge >= 0.3 is 0 Å². The van der Waals surface area contributed by atoms with E-state index >= 15 is 0 Å². The average Bonchev–Trinajstić information content (AvgIpc) is 2.43. The lowest BCUT2D eigenvalue weighted by Crippen LogP contribution is -2.16. The first-order chi connectivity index (χ1) is 10.0. The van der Waals surface area contributed by atoms with Crippen molar-refractivity contribution in [3.05, 3.63) is 58.6 Å². The van der Waals surface area contributed by atoms with Gasteiger partial charge in [0.15, 0.2) is 5.82 Å². The van der Waals surface area contributed by atoms with Crippen LogP contribution in [0.3, 0.4) is 0 Å². The molecule has 1 amide bonds. The summed E-state index contributed by atoms with van der Waals surface area (Å²) in [7, 11) is 0. The second-order valence-electron chi connectivity index (χ2n) is 4.27. The summed E-state index contributed by atoms with van der Waals surface area (Å²) >= 11 is 5.76. The Balaban J connectivity index is 2.31. The molecule has 0 aliphatic carbocycles. The first-order valence-electron chi connectivity index (χ1n) is 6.31. The number of carbonyl (C=O) groups is 1. The van der Waals surface area contributed by atoms with Gasteiger partial charge in [-0.05, 0) is 25.1 Å². The SMILES string of the molecule is CCNc1ccccc1C(=O)Nc1c(F)cc(F)cc1Cl. The monoisotopic (exact) mass is 310 g/mol. The predicted molar refractivity (Wildman–Crippen MR) is 79.9 cm³/mol. The molecule has 0 aliphatic heterocycles. The van der Waals surface area contributed by atoms with Crippen LogP contribution in [-0.2, 0) is 0 Å². The number of anilines is 2. The third-order valence-electron chi connectivity index (χ3n) is 2.78. The number of carbonyl (C=O) groups excluding carboxylic acids is 1. The minimum atomic E-state index is -0.922. The highest BCUT2D eigenvalue weighted by molar-refractivity contribution is 6.34. The smallest absolute Gasteiger partial charge is 0.257 e. The Morgan fingerprint density at radius 2 is 1.95 bits per heavy atom. The molecule has 2 aromatic rings. The van der Waals surface area contributed by atoms with E-state index < -0.39 is 17.5 Å². The molecule has 0 saturated carbocycles. The Bertz CT molecular complexity index is 653. The molecule has 0 aliphatic rings. The second kappa shape index (κ2) is 6.54. The normalized spacial score (nSPS) is 10.3. The van der Waals surface area contributed by atoms with Crippen LogP contribution in [0.25, 0.3) is 0 Å². The molecule has 0 spiro atoms. The van der Waals surface area contributed by atoms with Gasteiger partial charge in [-0.25, -0.2) is 8.78 Å². The number of benzene rings is 2. The first-order valence-corrected chi connectivity index (χ1v) is 6.69. The molecule has 0 bridgehead atoms. The minimum Gasteiger partial charge on any atom is -0.385 e. The van der Waals surface area contributed by atoms with Crippen LogP contribution in [0.5, 0.6) is 0 Å². The topological polar surface area (TPSA) is 41.1 Å². The van der Waals surface area contributed by atoms with Crippen molar-refractivity contribution in [1.82, 2.24) is 0 Å². The van der Waals surface area contributed by atoms with Crippen LogP contribution in [0.15, 0.2) is 36.4 Å². The van der Waals surface area contributed by atoms with Crippen molar-refractivity contribution in [2.24, 2.45) is 0 Å². The third kappa shape index (κ3) is 3.49. The van der Waals surface area contributed by atoms with Crippen LogP contribution in [0.2, 0.25) is 5.02 Å². The van der Waals surface area contributed by atoms with Gasteiger partial charge in [0, 0.05) is 18.3 Å². The van der Waals surface area contributed by atoms with Gasteiger partial charge in [0.25, 0.3) is 5.91 Å². The summed E-state index contributed by atoms with van der Waals surface area (Å²) in [6.45, 7) is 2.53. The molecule has 0 aromatic heterocycles. The Morgan fingerprint density at radius 3 is 2.62 bits per heavy atom. The maximum Gasteiger partial charge on any atom is 0.257 e. The van der Waals surface area contributed by atoms with E-state index in [0.717, 1.165) is 6.07 Å². The van der Waals surface area contributed by atoms with Crippen LogP contribution in [0.1, 0.15) is 17.3 Å². The Labute approximate surface area is 125 Å². The number of hydrogen-bond acceptors (Lipinski definition) is 2. The summed E-state index contributed by atoms with van der Waals surface area (Å²) in [6, 6.07) is 8.41. The molecule has 3 nitrogen and oxygen atoms in total. The van der Waals surface area contributed by atoms with Gasteiger partial charge in [0.2, 0.25) is 0 Å². The zero-order chi connectivity index (χ0) is 15.4. The first kappa shape index (κ1) is 15.3. The van der Waals surface area contributed by atoms with Crippen LogP contribution in [0, 0.1) is 11.6 Å². The summed E-state index contributed by atoms with van der Waals surface area (Å²) in [5.41, 5.74) is 0.727. The Kier molecular flexibility index (Phi) is 4.75. The standard InChI is InChI=1S/C15H13ClF2N2O/c1-2-19-13-6-4-3-5-10(13)15(21)20-14-11(16)7-9(17)8-12(14)18/h3-8,19H,2H2,1H3,(H,20,21). The van der Waals surface area contributed by atoms with Crippen LogP contribution in [0.4, 0.5) is 20.2 Å². The van der Waals surface area contributed by atoms with Crippen molar-refractivity contribution < 1.29 is 13.6 Å². The molecule has 0 unspecified atom stereocenters. The molecule has 0 radical (unpaired) electrons. The quantitative estimate of drug-likeness (QED) is 0.884. The van der Waals surface area contributed by atoms with E-state index in [2.05, 4.69) is 10.6 Å². The van der Waals surface area contributed by atoms with E-state index in [9.17, 15) is 13.6 Å². The van der Waals surface area contributed by atoms with Gasteiger partial charge in [-0.15, -0.1) is 0 Å². The van der Waals surface area contributed by atoms with Crippen LogP contribution < -0.4 is 10.6 Å². The number of para-hydroxylation sites is 1. The fourth-order valence-corrected chi connectivity index (χ4v) is 2.11. The molecule has 2 N–H and O–H groups in total. The van der Waals surface area contributed by atoms with Crippen molar-refractivity contribution in [2.45, 2.75) is 6.92 Å². The fourth-order valence-electron chi connectivity index (χ4n) is 1.87. The van der Waals surface area contributed by atoms with E-state index in [1.54, 1.807) is 24.3 Å². The number of hydrogen-bond donors (Lipinski definition) is 2. The summed E-state index contributed by atoms with van der Waals surface area (Å²) in [4.78, 5) is 12.2. The lowest BCUT2D eigenvalue weighted by molar-refractivity contribution is 0.102. The predicted octanol–water partition coefficient (Wildman–Crippen LogP) is 4.30. The van der Waals surface area contributed by atoms with Crippen molar-refractivity contribution in [3.63, 3.8) is 0 Å². The highest BCUT2D eigenvalue weighted by Crippen LogP contribution is 2.27. The van der Waals surface area contributed by atoms with Crippen molar-refractivity contribution in [3.8, 4) is 0 Å². The summed E-state index contributed by atoms with van der Waals surface area (Å²) in [5.74, 6) is -2.25. The molecule has 21 heavy (non-hydrogen) atoms. The second-order valence-corrected chi connectivity index (χ2v) is 4.68. The van der Waals surface area contributed by atoms with Gasteiger partial charge in [0.1, 0.15) is 5.82 Å². The molecule has 0 atom stereocenters. The molecular weight excluding hydrogens is 298 g/mol. The molecule has 0 fully saturated rings.